The van der Waals surface area contributed by atoms with Crippen LogP contribution < -0.4 is 21.3 Å². The molecule has 1 aliphatic rings. The van der Waals surface area contributed by atoms with Gasteiger partial charge in [0, 0.05) is 13.0 Å². The average Bonchev–Trinajstić information content (AvgIpc) is 3.16. The Morgan fingerprint density at radius 1 is 1.03 bits per heavy atom. The summed E-state index contributed by atoms with van der Waals surface area (Å²) in [4.78, 5) is 49.7. The van der Waals surface area contributed by atoms with Gasteiger partial charge in [-0.2, -0.15) is 0 Å². The molecule has 7 amide bonds. The summed E-state index contributed by atoms with van der Waals surface area (Å²) in [5.74, 6) is -0.679. The summed E-state index contributed by atoms with van der Waals surface area (Å²) in [6.07, 6.45) is 0.998. The molecule has 2 bridgehead atoms. The van der Waals surface area contributed by atoms with Crippen LogP contribution in [0.2, 0.25) is 0 Å². The minimum atomic E-state index is -1.06. The molecule has 12 nitrogen and oxygen atoms in total. The zero-order valence-electron chi connectivity index (χ0n) is 16.2. The third kappa shape index (κ3) is 5.31. The fourth-order valence-corrected chi connectivity index (χ4v) is 2.92. The minimum Gasteiger partial charge on any atom is -0.405 e. The van der Waals surface area contributed by atoms with Gasteiger partial charge in [0.05, 0.1) is 6.54 Å². The summed E-state index contributed by atoms with van der Waals surface area (Å²) in [5, 5.41) is 16.2. The molecule has 1 aliphatic heterocycles. The van der Waals surface area contributed by atoms with Crippen molar-refractivity contribution in [3.63, 3.8) is 0 Å². The maximum atomic E-state index is 12.8. The molecule has 4 N–H and O–H groups in total. The highest BCUT2D eigenvalue weighted by Gasteiger charge is 2.30. The number of rotatable bonds is 4. The lowest BCUT2D eigenvalue weighted by Crippen LogP contribution is -2.50. The van der Waals surface area contributed by atoms with Crippen molar-refractivity contribution in [2.24, 2.45) is 0 Å². The zero-order valence-corrected chi connectivity index (χ0v) is 16.2. The first-order valence-electron chi connectivity index (χ1n) is 9.30. The summed E-state index contributed by atoms with van der Waals surface area (Å²) in [6, 6.07) is 5.96. The molecule has 0 fully saturated rings. The lowest BCUT2D eigenvalue weighted by molar-refractivity contribution is -0.119. The van der Waals surface area contributed by atoms with Crippen LogP contribution in [0.5, 0.6) is 0 Å². The average molecular weight is 415 g/mol. The summed E-state index contributed by atoms with van der Waals surface area (Å²) >= 11 is 0. The van der Waals surface area contributed by atoms with Crippen molar-refractivity contribution in [1.29, 1.82) is 0 Å². The van der Waals surface area contributed by atoms with Crippen LogP contribution >= 0.6 is 0 Å². The molecule has 1 aromatic heterocycles. The van der Waals surface area contributed by atoms with E-state index in [0.29, 0.717) is 19.4 Å². The van der Waals surface area contributed by atoms with Crippen LogP contribution in [-0.2, 0) is 11.2 Å². The van der Waals surface area contributed by atoms with Gasteiger partial charge in [-0.25, -0.2) is 14.4 Å². The Morgan fingerprint density at radius 2 is 1.77 bits per heavy atom. The second-order valence-corrected chi connectivity index (χ2v) is 6.46. The first-order chi connectivity index (χ1) is 14.5. The number of imide groups is 2. The fraction of sp³-hybridized carbons (Fsp3) is 0.333. The third-order valence-electron chi connectivity index (χ3n) is 4.20. The molecule has 1 atom stereocenters. The highest BCUT2D eigenvalue weighted by molar-refractivity contribution is 6.05. The lowest BCUT2D eigenvalue weighted by atomic mass is 10.0. The van der Waals surface area contributed by atoms with E-state index >= 15 is 0 Å². The SMILES string of the molecule is CCCN1C(=O)NCC(=O)NC(=O)NC(=O)Nc2nnc(o2)C1Cc1ccccc1. The number of hydrogen-bond donors (Lipinski definition) is 4. The number of aromatic nitrogens is 2. The first kappa shape index (κ1) is 20.8. The van der Waals surface area contributed by atoms with Gasteiger partial charge >= 0.3 is 24.1 Å². The molecular weight excluding hydrogens is 394 g/mol. The summed E-state index contributed by atoms with van der Waals surface area (Å²) in [5.41, 5.74) is 0.923. The van der Waals surface area contributed by atoms with E-state index in [2.05, 4.69) is 20.8 Å². The second kappa shape index (κ2) is 9.49. The van der Waals surface area contributed by atoms with Gasteiger partial charge in [0.2, 0.25) is 11.8 Å². The Balaban J connectivity index is 1.97. The molecule has 0 spiro atoms. The molecule has 1 aromatic carbocycles. The van der Waals surface area contributed by atoms with E-state index < -0.39 is 36.6 Å². The molecule has 0 saturated heterocycles. The van der Waals surface area contributed by atoms with Crippen molar-refractivity contribution in [1.82, 2.24) is 31.0 Å². The van der Waals surface area contributed by atoms with Crippen molar-refractivity contribution in [2.45, 2.75) is 25.8 Å². The molecule has 2 aromatic rings. The van der Waals surface area contributed by atoms with E-state index in [1.165, 1.54) is 4.90 Å². The molecule has 0 aliphatic carbocycles. The second-order valence-electron chi connectivity index (χ2n) is 6.46. The van der Waals surface area contributed by atoms with Crippen LogP contribution in [0.25, 0.3) is 0 Å². The van der Waals surface area contributed by atoms with E-state index in [1.54, 1.807) is 0 Å². The van der Waals surface area contributed by atoms with Crippen molar-refractivity contribution in [3.05, 3.63) is 41.8 Å². The molecule has 0 saturated carbocycles. The molecule has 0 radical (unpaired) electrons. The van der Waals surface area contributed by atoms with Crippen LogP contribution in [-0.4, -0.2) is 52.2 Å². The van der Waals surface area contributed by atoms with E-state index in [0.717, 1.165) is 5.56 Å². The monoisotopic (exact) mass is 415 g/mol. The Labute approximate surface area is 171 Å². The maximum absolute atomic E-state index is 12.8. The van der Waals surface area contributed by atoms with Gasteiger partial charge in [0.15, 0.2) is 0 Å². The van der Waals surface area contributed by atoms with Gasteiger partial charge in [-0.05, 0) is 12.0 Å². The van der Waals surface area contributed by atoms with E-state index in [4.69, 9.17) is 4.42 Å². The van der Waals surface area contributed by atoms with E-state index in [1.807, 2.05) is 47.9 Å². The van der Waals surface area contributed by atoms with Crippen molar-refractivity contribution >= 4 is 30.0 Å². The molecule has 30 heavy (non-hydrogen) atoms. The highest BCUT2D eigenvalue weighted by Crippen LogP contribution is 2.26. The standard InChI is InChI=1S/C18H21N7O5/c1-2-8-25-12(9-11-6-4-3-5-7-11)14-23-24-17(30-14)22-16(28)21-15(27)20-13(26)10-19-18(25)29/h3-7,12H,2,8-10H2,1H3,(H,19,29)(H3,20,21,22,24,26,27,28). The Kier molecular flexibility index (Phi) is 6.57. The van der Waals surface area contributed by atoms with Gasteiger partial charge in [-0.15, -0.1) is 5.10 Å². The molecular formula is C18H21N7O5. The van der Waals surface area contributed by atoms with Gasteiger partial charge in [-0.1, -0.05) is 42.4 Å². The van der Waals surface area contributed by atoms with Crippen molar-refractivity contribution < 1.29 is 23.6 Å². The smallest absolute Gasteiger partial charge is 0.330 e. The number of carbonyl (C=O) groups excluding carboxylic acids is 4. The number of amides is 7. The van der Waals surface area contributed by atoms with Crippen molar-refractivity contribution in [3.8, 4) is 0 Å². The minimum absolute atomic E-state index is 0.102. The number of benzene rings is 1. The van der Waals surface area contributed by atoms with Gasteiger partial charge < -0.3 is 14.6 Å². The Morgan fingerprint density at radius 3 is 2.50 bits per heavy atom. The number of nitrogens with one attached hydrogen (secondary N) is 4. The van der Waals surface area contributed by atoms with Crippen LogP contribution in [0, 0.1) is 0 Å². The van der Waals surface area contributed by atoms with Gasteiger partial charge in [-0.3, -0.25) is 20.7 Å². The number of urea groups is 3. The lowest BCUT2D eigenvalue weighted by Gasteiger charge is -2.29. The number of hydrogen-bond acceptors (Lipinski definition) is 7. The number of fused-ring (bicyclic) bond motifs is 2. The van der Waals surface area contributed by atoms with Crippen LogP contribution in [0.4, 0.5) is 20.4 Å². The van der Waals surface area contributed by atoms with Crippen LogP contribution in [0.3, 0.4) is 0 Å². The van der Waals surface area contributed by atoms with Crippen LogP contribution in [0.1, 0.15) is 30.8 Å². The molecule has 3 rings (SSSR count). The van der Waals surface area contributed by atoms with E-state index in [-0.39, 0.29) is 11.9 Å². The first-order valence-corrected chi connectivity index (χ1v) is 9.30. The number of anilines is 1. The molecule has 2 heterocycles. The highest BCUT2D eigenvalue weighted by atomic mass is 16.4. The Hall–Kier alpha value is -3.96. The summed E-state index contributed by atoms with van der Waals surface area (Å²) < 4.78 is 5.55. The molecule has 158 valence electrons. The predicted molar refractivity (Wildman–Crippen MR) is 103 cm³/mol. The van der Waals surface area contributed by atoms with Crippen LogP contribution in [0.15, 0.2) is 34.7 Å². The largest absolute Gasteiger partial charge is 0.405 e. The fourth-order valence-electron chi connectivity index (χ4n) is 2.92. The predicted octanol–water partition coefficient (Wildman–Crippen LogP) is 1.15. The normalized spacial score (nSPS) is 18.0. The summed E-state index contributed by atoms with van der Waals surface area (Å²) in [7, 11) is 0. The summed E-state index contributed by atoms with van der Waals surface area (Å²) in [6.45, 7) is 1.78. The maximum Gasteiger partial charge on any atom is 0.330 e. The Bertz CT molecular complexity index is 930. The quantitative estimate of drug-likeness (QED) is 0.583. The molecule has 1 unspecified atom stereocenters. The van der Waals surface area contributed by atoms with Crippen molar-refractivity contribution in [2.75, 3.05) is 18.4 Å². The topological polar surface area (TPSA) is 159 Å². The number of nitrogens with zero attached hydrogens (tertiary/aromatic N) is 3. The number of carbonyl (C=O) groups is 4. The zero-order chi connectivity index (χ0) is 21.5. The molecule has 12 heteroatoms. The third-order valence-corrected chi connectivity index (χ3v) is 4.20. The van der Waals surface area contributed by atoms with Gasteiger partial charge in [0.25, 0.3) is 0 Å². The van der Waals surface area contributed by atoms with E-state index in [9.17, 15) is 19.2 Å². The van der Waals surface area contributed by atoms with Gasteiger partial charge in [0.1, 0.15) is 6.04 Å².